The minimum absolute atomic E-state index is 0.204. The van der Waals surface area contributed by atoms with Crippen LogP contribution < -0.4 is 0 Å². The van der Waals surface area contributed by atoms with Crippen molar-refractivity contribution in [2.24, 2.45) is 0 Å². The van der Waals surface area contributed by atoms with Crippen molar-refractivity contribution in [3.8, 4) is 0 Å². The SMILES string of the molecule is CC(C)(O[Si](C)(C)C(C)(C)C)c1ccccc1. The van der Waals surface area contributed by atoms with Gasteiger partial charge in [0.2, 0.25) is 0 Å². The maximum absolute atomic E-state index is 6.51. The van der Waals surface area contributed by atoms with E-state index in [1.54, 1.807) is 0 Å². The van der Waals surface area contributed by atoms with Gasteiger partial charge in [-0.15, -0.1) is 0 Å². The molecule has 0 N–H and O–H groups in total. The molecule has 0 fully saturated rings. The average molecular weight is 250 g/mol. The molecule has 1 nitrogen and oxygen atoms in total. The van der Waals surface area contributed by atoms with Crippen molar-refractivity contribution in [3.05, 3.63) is 35.9 Å². The quantitative estimate of drug-likeness (QED) is 0.690. The van der Waals surface area contributed by atoms with Crippen LogP contribution in [-0.2, 0) is 10.0 Å². The maximum atomic E-state index is 6.51. The second kappa shape index (κ2) is 4.58. The molecule has 0 aliphatic carbocycles. The number of rotatable bonds is 3. The molecular formula is C15H26OSi. The molecule has 17 heavy (non-hydrogen) atoms. The average Bonchev–Trinajstić information content (AvgIpc) is 2.15. The molecule has 0 heterocycles. The first-order valence-electron chi connectivity index (χ1n) is 6.32. The highest BCUT2D eigenvalue weighted by atomic mass is 28.4. The summed E-state index contributed by atoms with van der Waals surface area (Å²) in [5, 5.41) is 0.249. The van der Waals surface area contributed by atoms with Crippen LogP contribution in [0.1, 0.15) is 40.2 Å². The molecule has 0 unspecified atom stereocenters. The van der Waals surface area contributed by atoms with Crippen molar-refractivity contribution >= 4 is 8.32 Å². The molecule has 0 saturated carbocycles. The highest BCUT2D eigenvalue weighted by Crippen LogP contribution is 2.41. The second-order valence-electron chi connectivity index (χ2n) is 6.74. The Hall–Kier alpha value is -0.603. The summed E-state index contributed by atoms with van der Waals surface area (Å²) in [7, 11) is -1.72. The van der Waals surface area contributed by atoms with Gasteiger partial charge in [0.15, 0.2) is 8.32 Å². The third-order valence-electron chi connectivity index (χ3n) is 3.79. The standard InChI is InChI=1S/C15H26OSi/c1-14(2,3)17(6,7)16-15(4,5)13-11-9-8-10-12-13/h8-12H,1-7H3. The lowest BCUT2D eigenvalue weighted by Crippen LogP contribution is -2.46. The molecule has 0 amide bonds. The first-order valence-corrected chi connectivity index (χ1v) is 9.23. The molecule has 1 aromatic carbocycles. The Morgan fingerprint density at radius 3 is 1.76 bits per heavy atom. The van der Waals surface area contributed by atoms with Gasteiger partial charge in [-0.25, -0.2) is 0 Å². The molecule has 1 rings (SSSR count). The second-order valence-corrected chi connectivity index (χ2v) is 11.5. The zero-order valence-corrected chi connectivity index (χ0v) is 13.3. The molecule has 0 saturated heterocycles. The van der Waals surface area contributed by atoms with Gasteiger partial charge in [-0.05, 0) is 37.5 Å². The molecule has 0 radical (unpaired) electrons. The predicted molar refractivity (Wildman–Crippen MR) is 77.8 cm³/mol. The number of hydrogen-bond donors (Lipinski definition) is 0. The molecule has 96 valence electrons. The molecular weight excluding hydrogens is 224 g/mol. The van der Waals surface area contributed by atoms with Crippen molar-refractivity contribution in [2.75, 3.05) is 0 Å². The minimum atomic E-state index is -1.72. The van der Waals surface area contributed by atoms with Crippen LogP contribution in [0.15, 0.2) is 30.3 Å². The van der Waals surface area contributed by atoms with E-state index >= 15 is 0 Å². The smallest absolute Gasteiger partial charge is 0.193 e. The molecule has 0 aliphatic rings. The van der Waals surface area contributed by atoms with E-state index in [2.05, 4.69) is 72.0 Å². The molecule has 0 aromatic heterocycles. The largest absolute Gasteiger partial charge is 0.408 e. The third-order valence-corrected chi connectivity index (χ3v) is 8.42. The zero-order chi connectivity index (χ0) is 13.3. The number of hydrogen-bond acceptors (Lipinski definition) is 1. The van der Waals surface area contributed by atoms with Gasteiger partial charge in [0.1, 0.15) is 0 Å². The molecule has 0 bridgehead atoms. The van der Waals surface area contributed by atoms with E-state index in [-0.39, 0.29) is 10.6 Å². The van der Waals surface area contributed by atoms with Gasteiger partial charge < -0.3 is 4.43 Å². The van der Waals surface area contributed by atoms with E-state index in [1.165, 1.54) is 5.56 Å². The predicted octanol–water partition coefficient (Wildman–Crippen LogP) is 4.94. The fourth-order valence-electron chi connectivity index (χ4n) is 1.69. The van der Waals surface area contributed by atoms with Crippen LogP contribution >= 0.6 is 0 Å². The highest BCUT2D eigenvalue weighted by molar-refractivity contribution is 6.74. The molecule has 0 atom stereocenters. The van der Waals surface area contributed by atoms with Gasteiger partial charge in [-0.1, -0.05) is 51.1 Å². The van der Waals surface area contributed by atoms with Crippen LogP contribution in [0.5, 0.6) is 0 Å². The Morgan fingerprint density at radius 2 is 1.35 bits per heavy atom. The lowest BCUT2D eigenvalue weighted by atomic mass is 9.99. The first kappa shape index (κ1) is 14.5. The Balaban J connectivity index is 2.95. The van der Waals surface area contributed by atoms with E-state index in [9.17, 15) is 0 Å². The van der Waals surface area contributed by atoms with Gasteiger partial charge in [-0.2, -0.15) is 0 Å². The summed E-state index contributed by atoms with van der Waals surface area (Å²) in [4.78, 5) is 0. The van der Waals surface area contributed by atoms with Crippen LogP contribution in [0.3, 0.4) is 0 Å². The Kier molecular flexibility index (Phi) is 3.90. The molecule has 2 heteroatoms. The fourth-order valence-corrected chi connectivity index (χ4v) is 3.39. The monoisotopic (exact) mass is 250 g/mol. The summed E-state index contributed by atoms with van der Waals surface area (Å²) >= 11 is 0. The van der Waals surface area contributed by atoms with E-state index in [4.69, 9.17) is 4.43 Å². The van der Waals surface area contributed by atoms with Crippen molar-refractivity contribution < 1.29 is 4.43 Å². The van der Waals surface area contributed by atoms with Crippen molar-refractivity contribution in [1.29, 1.82) is 0 Å². The number of benzene rings is 1. The normalized spacial score (nSPS) is 13.8. The van der Waals surface area contributed by atoms with Crippen LogP contribution in [0.4, 0.5) is 0 Å². The Labute approximate surface area is 107 Å². The van der Waals surface area contributed by atoms with Crippen LogP contribution in [0.2, 0.25) is 18.1 Å². The van der Waals surface area contributed by atoms with E-state index in [1.807, 2.05) is 6.07 Å². The van der Waals surface area contributed by atoms with Crippen LogP contribution in [-0.4, -0.2) is 8.32 Å². The first-order chi connectivity index (χ1) is 7.56. The van der Waals surface area contributed by atoms with Gasteiger partial charge in [-0.3, -0.25) is 0 Å². The van der Waals surface area contributed by atoms with Crippen molar-refractivity contribution in [2.45, 2.75) is 58.4 Å². The molecule has 1 aromatic rings. The lowest BCUT2D eigenvalue weighted by molar-refractivity contribution is 0.0902. The topological polar surface area (TPSA) is 9.23 Å². The van der Waals surface area contributed by atoms with Gasteiger partial charge >= 0.3 is 0 Å². The molecule has 0 spiro atoms. The van der Waals surface area contributed by atoms with E-state index < -0.39 is 8.32 Å². The van der Waals surface area contributed by atoms with Gasteiger partial charge in [0, 0.05) is 0 Å². The fraction of sp³-hybridized carbons (Fsp3) is 0.600. The summed E-state index contributed by atoms with van der Waals surface area (Å²) < 4.78 is 6.51. The van der Waals surface area contributed by atoms with Gasteiger partial charge in [0.05, 0.1) is 5.60 Å². The summed E-state index contributed by atoms with van der Waals surface area (Å²) in [6.07, 6.45) is 0. The Morgan fingerprint density at radius 1 is 0.882 bits per heavy atom. The van der Waals surface area contributed by atoms with E-state index in [0.717, 1.165) is 0 Å². The van der Waals surface area contributed by atoms with E-state index in [0.29, 0.717) is 0 Å². The van der Waals surface area contributed by atoms with Gasteiger partial charge in [0.25, 0.3) is 0 Å². The zero-order valence-electron chi connectivity index (χ0n) is 12.3. The van der Waals surface area contributed by atoms with Crippen LogP contribution in [0.25, 0.3) is 0 Å². The lowest BCUT2D eigenvalue weighted by Gasteiger charge is -2.43. The third kappa shape index (κ3) is 3.43. The summed E-state index contributed by atoms with van der Waals surface area (Å²) in [5.41, 5.74) is 1.05. The minimum Gasteiger partial charge on any atom is -0.408 e. The molecule has 0 aliphatic heterocycles. The van der Waals surface area contributed by atoms with Crippen molar-refractivity contribution in [1.82, 2.24) is 0 Å². The highest BCUT2D eigenvalue weighted by Gasteiger charge is 2.41. The summed E-state index contributed by atoms with van der Waals surface area (Å²) in [6.45, 7) is 15.8. The van der Waals surface area contributed by atoms with Crippen LogP contribution in [0, 0.1) is 0 Å². The maximum Gasteiger partial charge on any atom is 0.193 e. The summed E-state index contributed by atoms with van der Waals surface area (Å²) in [5.74, 6) is 0. The van der Waals surface area contributed by atoms with Crippen molar-refractivity contribution in [3.63, 3.8) is 0 Å². The Bertz CT molecular complexity index is 360. The summed E-state index contributed by atoms with van der Waals surface area (Å²) in [6, 6.07) is 10.5.